The van der Waals surface area contributed by atoms with E-state index < -0.39 is 0 Å². The first-order valence-corrected chi connectivity index (χ1v) is 7.27. The summed E-state index contributed by atoms with van der Waals surface area (Å²) in [5.74, 6) is 0. The van der Waals surface area contributed by atoms with E-state index in [0.29, 0.717) is 0 Å². The van der Waals surface area contributed by atoms with E-state index in [1.165, 1.54) is 11.1 Å². The first-order chi connectivity index (χ1) is 9.28. The second-order valence-electron chi connectivity index (χ2n) is 4.77. The summed E-state index contributed by atoms with van der Waals surface area (Å²) in [6, 6.07) is 19.1. The molecule has 0 fully saturated rings. The monoisotopic (exact) mass is 271 g/mol. The van der Waals surface area contributed by atoms with E-state index in [4.69, 9.17) is 0 Å². The van der Waals surface area contributed by atoms with Crippen LogP contribution in [0.5, 0.6) is 0 Å². The molecular weight excluding hydrogens is 250 g/mol. The minimum absolute atomic E-state index is 1.01. The van der Waals surface area contributed by atoms with Crippen molar-refractivity contribution in [2.45, 2.75) is 24.8 Å². The van der Waals surface area contributed by atoms with Crippen molar-refractivity contribution in [2.24, 2.45) is 0 Å². The van der Waals surface area contributed by atoms with Crippen LogP contribution in [-0.4, -0.2) is 18.0 Å². The van der Waals surface area contributed by atoms with Crippen molar-refractivity contribution in [1.82, 2.24) is 4.90 Å². The van der Waals surface area contributed by atoms with E-state index in [0.717, 1.165) is 31.0 Å². The van der Waals surface area contributed by atoms with Crippen LogP contribution in [0.25, 0.3) is 0 Å². The Kier molecular flexibility index (Phi) is 5.49. The van der Waals surface area contributed by atoms with E-state index in [9.17, 15) is 0 Å². The number of hydrogen-bond acceptors (Lipinski definition) is 2. The Morgan fingerprint density at radius 1 is 0.895 bits per heavy atom. The fraction of sp³-hybridized carbons (Fsp3) is 0.294. The van der Waals surface area contributed by atoms with Gasteiger partial charge in [0.1, 0.15) is 0 Å². The molecule has 2 aromatic carbocycles. The summed E-state index contributed by atoms with van der Waals surface area (Å²) in [5, 5.41) is 0. The van der Waals surface area contributed by atoms with Gasteiger partial charge in [-0.2, -0.15) is 0 Å². The average molecular weight is 271 g/mol. The molecular formula is C17H21NS. The Labute approximate surface area is 121 Å². The predicted molar refractivity (Wildman–Crippen MR) is 84.8 cm³/mol. The highest BCUT2D eigenvalue weighted by atomic mass is 32.1. The zero-order valence-electron chi connectivity index (χ0n) is 11.4. The predicted octanol–water partition coefficient (Wildman–Crippen LogP) is 4.04. The molecule has 0 heterocycles. The normalized spacial score (nSPS) is 10.9. The highest BCUT2D eigenvalue weighted by molar-refractivity contribution is 7.80. The van der Waals surface area contributed by atoms with Crippen LogP contribution >= 0.6 is 12.6 Å². The number of rotatable bonds is 6. The van der Waals surface area contributed by atoms with Gasteiger partial charge in [0, 0.05) is 18.0 Å². The Morgan fingerprint density at radius 2 is 1.58 bits per heavy atom. The van der Waals surface area contributed by atoms with Gasteiger partial charge in [-0.05, 0) is 36.2 Å². The number of likely N-dealkylation sites (N-methyl/N-ethyl adjacent to an activating group) is 1. The van der Waals surface area contributed by atoms with Crippen molar-refractivity contribution in [3.8, 4) is 0 Å². The van der Waals surface area contributed by atoms with Gasteiger partial charge < -0.3 is 0 Å². The van der Waals surface area contributed by atoms with Crippen LogP contribution in [0.4, 0.5) is 0 Å². The molecule has 0 saturated heterocycles. The summed E-state index contributed by atoms with van der Waals surface area (Å²) in [6.45, 7) is 5.41. The first kappa shape index (κ1) is 14.2. The van der Waals surface area contributed by atoms with Gasteiger partial charge in [0.25, 0.3) is 0 Å². The zero-order chi connectivity index (χ0) is 13.5. The SMILES string of the molecule is CCN(CCc1ccccc1)Cc1ccc(S)cc1. The molecule has 0 spiro atoms. The Hall–Kier alpha value is -1.25. The van der Waals surface area contributed by atoms with Gasteiger partial charge in [-0.3, -0.25) is 4.90 Å². The smallest absolute Gasteiger partial charge is 0.0233 e. The van der Waals surface area contributed by atoms with Crippen LogP contribution in [0.2, 0.25) is 0 Å². The largest absolute Gasteiger partial charge is 0.299 e. The van der Waals surface area contributed by atoms with Crippen molar-refractivity contribution < 1.29 is 0 Å². The minimum Gasteiger partial charge on any atom is -0.299 e. The fourth-order valence-electron chi connectivity index (χ4n) is 2.14. The molecule has 0 aliphatic heterocycles. The molecule has 0 radical (unpaired) electrons. The Balaban J connectivity index is 1.88. The molecule has 0 atom stereocenters. The lowest BCUT2D eigenvalue weighted by molar-refractivity contribution is 0.283. The van der Waals surface area contributed by atoms with Crippen molar-refractivity contribution >= 4 is 12.6 Å². The van der Waals surface area contributed by atoms with Crippen molar-refractivity contribution in [2.75, 3.05) is 13.1 Å². The number of hydrogen-bond donors (Lipinski definition) is 1. The quantitative estimate of drug-likeness (QED) is 0.776. The first-order valence-electron chi connectivity index (χ1n) is 6.82. The lowest BCUT2D eigenvalue weighted by Crippen LogP contribution is -2.25. The molecule has 2 rings (SSSR count). The minimum atomic E-state index is 1.01. The number of benzene rings is 2. The van der Waals surface area contributed by atoms with Crippen molar-refractivity contribution in [1.29, 1.82) is 0 Å². The number of nitrogens with zero attached hydrogens (tertiary/aromatic N) is 1. The van der Waals surface area contributed by atoms with Crippen LogP contribution in [0.1, 0.15) is 18.1 Å². The topological polar surface area (TPSA) is 3.24 Å². The molecule has 0 aromatic heterocycles. The van der Waals surface area contributed by atoms with Crippen LogP contribution < -0.4 is 0 Å². The van der Waals surface area contributed by atoms with Crippen LogP contribution in [0.15, 0.2) is 59.5 Å². The third kappa shape index (κ3) is 4.73. The molecule has 19 heavy (non-hydrogen) atoms. The van der Waals surface area contributed by atoms with Gasteiger partial charge in [-0.15, -0.1) is 12.6 Å². The lowest BCUT2D eigenvalue weighted by Gasteiger charge is -2.20. The average Bonchev–Trinajstić information content (AvgIpc) is 2.46. The summed E-state index contributed by atoms with van der Waals surface area (Å²) in [5.41, 5.74) is 2.76. The van der Waals surface area contributed by atoms with E-state index >= 15 is 0 Å². The second-order valence-corrected chi connectivity index (χ2v) is 5.29. The third-order valence-electron chi connectivity index (χ3n) is 3.35. The van der Waals surface area contributed by atoms with Gasteiger partial charge in [-0.25, -0.2) is 0 Å². The number of thiol groups is 1. The van der Waals surface area contributed by atoms with Gasteiger partial charge in [-0.1, -0.05) is 49.4 Å². The summed E-state index contributed by atoms with van der Waals surface area (Å²) < 4.78 is 0. The van der Waals surface area contributed by atoms with Crippen LogP contribution in [-0.2, 0) is 13.0 Å². The summed E-state index contributed by atoms with van der Waals surface area (Å²) in [4.78, 5) is 3.50. The molecule has 2 aromatic rings. The zero-order valence-corrected chi connectivity index (χ0v) is 12.3. The molecule has 2 heteroatoms. The van der Waals surface area contributed by atoms with Gasteiger partial charge >= 0.3 is 0 Å². The molecule has 100 valence electrons. The molecule has 1 nitrogen and oxygen atoms in total. The van der Waals surface area contributed by atoms with Crippen molar-refractivity contribution in [3.63, 3.8) is 0 Å². The molecule has 0 N–H and O–H groups in total. The van der Waals surface area contributed by atoms with E-state index in [1.54, 1.807) is 0 Å². The van der Waals surface area contributed by atoms with E-state index in [-0.39, 0.29) is 0 Å². The molecule has 0 amide bonds. The highest BCUT2D eigenvalue weighted by Crippen LogP contribution is 2.11. The Bertz CT molecular complexity index is 478. The van der Waals surface area contributed by atoms with Gasteiger partial charge in [0.15, 0.2) is 0 Å². The third-order valence-corrected chi connectivity index (χ3v) is 3.65. The fourth-order valence-corrected chi connectivity index (χ4v) is 2.29. The highest BCUT2D eigenvalue weighted by Gasteiger charge is 2.04. The van der Waals surface area contributed by atoms with Gasteiger partial charge in [0.05, 0.1) is 0 Å². The molecule has 0 aliphatic carbocycles. The Morgan fingerprint density at radius 3 is 2.21 bits per heavy atom. The van der Waals surface area contributed by atoms with Crippen LogP contribution in [0.3, 0.4) is 0 Å². The second kappa shape index (κ2) is 7.37. The maximum Gasteiger partial charge on any atom is 0.0233 e. The standard InChI is InChI=1S/C17H21NS/c1-2-18(13-12-15-6-4-3-5-7-15)14-16-8-10-17(19)11-9-16/h3-11,19H,2,12-14H2,1H3. The van der Waals surface area contributed by atoms with Gasteiger partial charge in [0.2, 0.25) is 0 Å². The van der Waals surface area contributed by atoms with Crippen LogP contribution in [0, 0.1) is 0 Å². The summed E-state index contributed by atoms with van der Waals surface area (Å²) in [7, 11) is 0. The van der Waals surface area contributed by atoms with E-state index in [2.05, 4.69) is 79.0 Å². The molecule has 0 unspecified atom stereocenters. The maximum atomic E-state index is 4.32. The van der Waals surface area contributed by atoms with E-state index in [1.807, 2.05) is 0 Å². The summed E-state index contributed by atoms with van der Waals surface area (Å²) >= 11 is 4.32. The molecule has 0 bridgehead atoms. The maximum absolute atomic E-state index is 4.32. The van der Waals surface area contributed by atoms with Crippen molar-refractivity contribution in [3.05, 3.63) is 65.7 Å². The molecule has 0 aliphatic rings. The molecule has 0 saturated carbocycles. The lowest BCUT2D eigenvalue weighted by atomic mass is 10.1. The summed E-state index contributed by atoms with van der Waals surface area (Å²) in [6.07, 6.45) is 1.11.